The van der Waals surface area contributed by atoms with Gasteiger partial charge in [0, 0.05) is 6.54 Å². The fraction of sp³-hybridized carbons (Fsp3) is 0.923. The highest BCUT2D eigenvalue weighted by atomic mass is 16.5. The number of fused-ring (bicyclic) bond motifs is 5. The van der Waals surface area contributed by atoms with E-state index in [-0.39, 0.29) is 35.9 Å². The van der Waals surface area contributed by atoms with Crippen molar-refractivity contribution in [2.24, 2.45) is 11.8 Å². The maximum Gasteiger partial charge on any atom is 0.235 e. The summed E-state index contributed by atoms with van der Waals surface area (Å²) in [6.07, 6.45) is 23.4. The molecular weight excluding hydrogens is 374 g/mol. The zero-order valence-electron chi connectivity index (χ0n) is 19.4. The first-order valence-corrected chi connectivity index (χ1v) is 13.2. The van der Waals surface area contributed by atoms with Crippen molar-refractivity contribution in [3.63, 3.8) is 0 Å². The summed E-state index contributed by atoms with van der Waals surface area (Å²) >= 11 is 0. The van der Waals surface area contributed by atoms with Gasteiger partial charge in [-0.05, 0) is 19.3 Å². The first-order valence-electron chi connectivity index (χ1n) is 13.2. The van der Waals surface area contributed by atoms with Crippen LogP contribution in [0.4, 0.5) is 0 Å². The average Bonchev–Trinajstić information content (AvgIpc) is 3.43. The molecule has 4 nitrogen and oxygen atoms in total. The second kappa shape index (κ2) is 12.8. The lowest BCUT2D eigenvalue weighted by Crippen LogP contribution is -2.35. The Morgan fingerprint density at radius 1 is 0.633 bits per heavy atom. The molecule has 172 valence electrons. The van der Waals surface area contributed by atoms with Crippen molar-refractivity contribution in [3.8, 4) is 0 Å². The summed E-state index contributed by atoms with van der Waals surface area (Å²) in [5, 5.41) is 0. The fourth-order valence-electron chi connectivity index (χ4n) is 5.81. The van der Waals surface area contributed by atoms with Crippen LogP contribution in [0.2, 0.25) is 0 Å². The Labute approximate surface area is 184 Å². The van der Waals surface area contributed by atoms with Gasteiger partial charge in [-0.3, -0.25) is 14.5 Å². The van der Waals surface area contributed by atoms with Crippen LogP contribution in [0.15, 0.2) is 0 Å². The molecule has 0 spiro atoms. The molecule has 3 aliphatic heterocycles. The van der Waals surface area contributed by atoms with Crippen LogP contribution in [0.5, 0.6) is 0 Å². The Morgan fingerprint density at radius 3 is 1.40 bits per heavy atom. The molecule has 0 aromatic heterocycles. The fourth-order valence-corrected chi connectivity index (χ4v) is 5.81. The summed E-state index contributed by atoms with van der Waals surface area (Å²) < 4.78 is 5.80. The molecule has 3 fully saturated rings. The van der Waals surface area contributed by atoms with Gasteiger partial charge >= 0.3 is 0 Å². The van der Waals surface area contributed by atoms with E-state index >= 15 is 0 Å². The van der Waals surface area contributed by atoms with Gasteiger partial charge < -0.3 is 4.74 Å². The van der Waals surface area contributed by atoms with Gasteiger partial charge in [0.15, 0.2) is 0 Å². The van der Waals surface area contributed by atoms with E-state index in [1.54, 1.807) is 4.90 Å². The summed E-state index contributed by atoms with van der Waals surface area (Å²) in [5.41, 5.74) is 0. The molecule has 2 bridgehead atoms. The van der Waals surface area contributed by atoms with Crippen molar-refractivity contribution in [1.82, 2.24) is 4.90 Å². The number of rotatable bonds is 17. The Kier molecular flexibility index (Phi) is 10.2. The lowest BCUT2D eigenvalue weighted by Gasteiger charge is -2.17. The van der Waals surface area contributed by atoms with E-state index in [1.807, 2.05) is 0 Å². The van der Waals surface area contributed by atoms with Gasteiger partial charge in [0.25, 0.3) is 0 Å². The first-order chi connectivity index (χ1) is 14.7. The van der Waals surface area contributed by atoms with E-state index in [1.165, 1.54) is 89.9 Å². The number of amides is 2. The third-order valence-electron chi connectivity index (χ3n) is 7.61. The standard InChI is InChI=1S/C26H45NO3/c1-2-3-4-5-6-7-8-9-10-11-12-13-14-15-16-17-20-27-25(28)23-21-18-19-22(30-21)24(23)26(27)29/h21-24H,2-20H2,1H3. The number of carbonyl (C=O) groups excluding carboxylic acids is 2. The second-order valence-corrected chi connectivity index (χ2v) is 9.97. The van der Waals surface area contributed by atoms with Crippen molar-refractivity contribution < 1.29 is 14.3 Å². The number of imide groups is 1. The lowest BCUT2D eigenvalue weighted by molar-refractivity contribution is -0.142. The predicted molar refractivity (Wildman–Crippen MR) is 121 cm³/mol. The number of nitrogens with zero attached hydrogens (tertiary/aromatic N) is 1. The molecule has 2 amide bonds. The minimum Gasteiger partial charge on any atom is -0.373 e. The largest absolute Gasteiger partial charge is 0.373 e. The van der Waals surface area contributed by atoms with Crippen LogP contribution in [0.1, 0.15) is 122 Å². The Morgan fingerprint density at radius 2 is 1.00 bits per heavy atom. The maximum absolute atomic E-state index is 12.6. The molecule has 4 unspecified atom stereocenters. The number of unbranched alkanes of at least 4 members (excludes halogenated alkanes) is 15. The van der Waals surface area contributed by atoms with Crippen LogP contribution in [0.3, 0.4) is 0 Å². The zero-order valence-corrected chi connectivity index (χ0v) is 19.4. The van der Waals surface area contributed by atoms with Gasteiger partial charge in [-0.1, -0.05) is 103 Å². The van der Waals surface area contributed by atoms with E-state index in [0.29, 0.717) is 6.54 Å². The molecule has 3 aliphatic rings. The molecule has 4 heteroatoms. The Hall–Kier alpha value is -0.900. The summed E-state index contributed by atoms with van der Waals surface area (Å²) in [6.45, 7) is 2.91. The van der Waals surface area contributed by atoms with Crippen LogP contribution in [-0.2, 0) is 14.3 Å². The van der Waals surface area contributed by atoms with E-state index < -0.39 is 0 Å². The number of hydrogen-bond donors (Lipinski definition) is 0. The van der Waals surface area contributed by atoms with Crippen molar-refractivity contribution in [2.75, 3.05) is 6.54 Å². The minimum absolute atomic E-state index is 0.0206. The highest BCUT2D eigenvalue weighted by molar-refractivity contribution is 6.06. The number of likely N-dealkylation sites (tertiary alicyclic amines) is 1. The van der Waals surface area contributed by atoms with Gasteiger partial charge in [-0.15, -0.1) is 0 Å². The molecule has 0 N–H and O–H groups in total. The van der Waals surface area contributed by atoms with Gasteiger partial charge in [-0.2, -0.15) is 0 Å². The third-order valence-corrected chi connectivity index (χ3v) is 7.61. The van der Waals surface area contributed by atoms with Crippen LogP contribution in [0, 0.1) is 11.8 Å². The molecule has 3 heterocycles. The first kappa shape index (κ1) is 23.8. The van der Waals surface area contributed by atoms with E-state index in [4.69, 9.17) is 4.74 Å². The normalized spacial score (nSPS) is 27.4. The smallest absolute Gasteiger partial charge is 0.235 e. The maximum atomic E-state index is 12.6. The highest BCUT2D eigenvalue weighted by Gasteiger charge is 2.62. The van der Waals surface area contributed by atoms with Crippen LogP contribution in [-0.4, -0.2) is 35.5 Å². The minimum atomic E-state index is -0.155. The number of carbonyl (C=O) groups is 2. The average molecular weight is 420 g/mol. The zero-order chi connectivity index (χ0) is 21.2. The number of ether oxygens (including phenoxy) is 1. The van der Waals surface area contributed by atoms with E-state index in [2.05, 4.69) is 6.92 Å². The van der Waals surface area contributed by atoms with Crippen LogP contribution in [0.25, 0.3) is 0 Å². The van der Waals surface area contributed by atoms with Crippen LogP contribution < -0.4 is 0 Å². The predicted octanol–water partition coefficient (Wildman–Crippen LogP) is 6.41. The summed E-state index contributed by atoms with van der Waals surface area (Å²) in [5.74, 6) is -0.203. The molecule has 3 saturated heterocycles. The lowest BCUT2D eigenvalue weighted by atomic mass is 9.81. The Balaban J connectivity index is 1.11. The third kappa shape index (κ3) is 6.31. The highest BCUT2D eigenvalue weighted by Crippen LogP contribution is 2.48. The molecule has 4 atom stereocenters. The molecule has 0 aromatic carbocycles. The molecule has 3 rings (SSSR count). The molecule has 0 radical (unpaired) electrons. The van der Waals surface area contributed by atoms with Gasteiger partial charge in [-0.25, -0.2) is 0 Å². The second-order valence-electron chi connectivity index (χ2n) is 9.97. The molecule has 0 aliphatic carbocycles. The molecule has 0 saturated carbocycles. The van der Waals surface area contributed by atoms with E-state index in [0.717, 1.165) is 25.7 Å². The van der Waals surface area contributed by atoms with E-state index in [9.17, 15) is 9.59 Å². The number of hydrogen-bond acceptors (Lipinski definition) is 3. The van der Waals surface area contributed by atoms with Gasteiger partial charge in [0.1, 0.15) is 0 Å². The van der Waals surface area contributed by atoms with Crippen molar-refractivity contribution in [3.05, 3.63) is 0 Å². The Bertz CT molecular complexity index is 506. The molecule has 0 aromatic rings. The monoisotopic (exact) mass is 419 g/mol. The molecular formula is C26H45NO3. The summed E-state index contributed by atoms with van der Waals surface area (Å²) in [4.78, 5) is 26.8. The van der Waals surface area contributed by atoms with Crippen molar-refractivity contribution in [2.45, 2.75) is 135 Å². The topological polar surface area (TPSA) is 46.6 Å². The quantitative estimate of drug-likeness (QED) is 0.202. The van der Waals surface area contributed by atoms with Gasteiger partial charge in [0.2, 0.25) is 11.8 Å². The summed E-state index contributed by atoms with van der Waals surface area (Å²) in [6, 6.07) is 0. The SMILES string of the molecule is CCCCCCCCCCCCCCCCCCN1C(=O)C2C3CCC(O3)C2C1=O. The van der Waals surface area contributed by atoms with Crippen LogP contribution >= 0.6 is 0 Å². The molecule has 30 heavy (non-hydrogen) atoms. The van der Waals surface area contributed by atoms with Gasteiger partial charge in [0.05, 0.1) is 24.0 Å². The van der Waals surface area contributed by atoms with Crippen molar-refractivity contribution >= 4 is 11.8 Å². The summed E-state index contributed by atoms with van der Waals surface area (Å²) in [7, 11) is 0. The van der Waals surface area contributed by atoms with Crippen molar-refractivity contribution in [1.29, 1.82) is 0 Å².